The van der Waals surface area contributed by atoms with Gasteiger partial charge in [0.15, 0.2) is 17.6 Å². The summed E-state index contributed by atoms with van der Waals surface area (Å²) >= 11 is 6.31. The fourth-order valence-corrected chi connectivity index (χ4v) is 4.71. The number of carbonyl (C=O) groups is 3. The van der Waals surface area contributed by atoms with Crippen LogP contribution in [0.15, 0.2) is 29.4 Å². The van der Waals surface area contributed by atoms with Gasteiger partial charge in [0.05, 0.1) is 37.3 Å². The second-order valence-corrected chi connectivity index (χ2v) is 7.96. The average molecular weight is 433 g/mol. The van der Waals surface area contributed by atoms with E-state index in [9.17, 15) is 14.4 Å². The SMILES string of the molecule is COC(=O)C(C)Oc1c(Cl)cc(C=NN2C(=O)C3C4C=CC(C4)C3C2=O)cc1OC. The number of hydrazone groups is 1. The van der Waals surface area contributed by atoms with Crippen molar-refractivity contribution in [3.8, 4) is 11.5 Å². The molecule has 3 aliphatic rings. The molecule has 2 fully saturated rings. The maximum Gasteiger partial charge on any atom is 0.346 e. The van der Waals surface area contributed by atoms with Gasteiger partial charge in [-0.1, -0.05) is 23.8 Å². The molecule has 5 atom stereocenters. The molecule has 1 saturated carbocycles. The zero-order chi connectivity index (χ0) is 21.6. The molecule has 1 aromatic carbocycles. The van der Waals surface area contributed by atoms with Crippen LogP contribution >= 0.6 is 11.6 Å². The Balaban J connectivity index is 1.54. The fourth-order valence-electron chi connectivity index (χ4n) is 4.44. The first kappa shape index (κ1) is 20.4. The lowest BCUT2D eigenvalue weighted by Gasteiger charge is -2.17. The molecule has 8 nitrogen and oxygen atoms in total. The first-order valence-corrected chi connectivity index (χ1v) is 9.95. The minimum Gasteiger partial charge on any atom is -0.493 e. The highest BCUT2D eigenvalue weighted by molar-refractivity contribution is 6.32. The van der Waals surface area contributed by atoms with Crippen LogP contribution in [0.5, 0.6) is 11.5 Å². The molecule has 1 aromatic rings. The van der Waals surface area contributed by atoms with E-state index in [2.05, 4.69) is 9.84 Å². The van der Waals surface area contributed by atoms with Crippen LogP contribution in [0, 0.1) is 23.7 Å². The molecule has 0 N–H and O–H groups in total. The Bertz CT molecular complexity index is 944. The number of carbonyl (C=O) groups excluding carboxylic acids is 3. The number of rotatable bonds is 6. The van der Waals surface area contributed by atoms with E-state index in [1.54, 1.807) is 12.1 Å². The number of ether oxygens (including phenoxy) is 3. The third kappa shape index (κ3) is 3.25. The predicted octanol–water partition coefficient (Wildman–Crippen LogP) is 2.43. The molecule has 1 saturated heterocycles. The standard InChI is InChI=1S/C21H21ClN2O6/c1-10(21(27)29-3)30-18-14(22)6-11(7-15(18)28-2)9-23-24-19(25)16-12-4-5-13(8-12)17(16)20(24)26/h4-7,9-10,12-13,16-17H,8H2,1-3H3. The lowest BCUT2D eigenvalue weighted by Crippen LogP contribution is -2.28. The largest absolute Gasteiger partial charge is 0.493 e. The van der Waals surface area contributed by atoms with E-state index < -0.39 is 12.1 Å². The van der Waals surface area contributed by atoms with Gasteiger partial charge in [0.1, 0.15) is 0 Å². The molecule has 2 amide bonds. The first-order valence-electron chi connectivity index (χ1n) is 9.57. The predicted molar refractivity (Wildman–Crippen MR) is 107 cm³/mol. The molecule has 30 heavy (non-hydrogen) atoms. The highest BCUT2D eigenvalue weighted by atomic mass is 35.5. The minimum atomic E-state index is -0.885. The smallest absolute Gasteiger partial charge is 0.346 e. The topological polar surface area (TPSA) is 94.5 Å². The monoisotopic (exact) mass is 432 g/mol. The number of allylic oxidation sites excluding steroid dienone is 2. The Morgan fingerprint density at radius 1 is 1.20 bits per heavy atom. The van der Waals surface area contributed by atoms with Gasteiger partial charge in [-0.05, 0) is 42.9 Å². The number of esters is 1. The van der Waals surface area contributed by atoms with E-state index in [4.69, 9.17) is 21.1 Å². The number of fused-ring (bicyclic) bond motifs is 5. The van der Waals surface area contributed by atoms with Crippen LogP contribution in [0.25, 0.3) is 0 Å². The van der Waals surface area contributed by atoms with E-state index in [0.717, 1.165) is 11.4 Å². The molecule has 2 bridgehead atoms. The highest BCUT2D eigenvalue weighted by Gasteiger charge is 2.59. The Hall–Kier alpha value is -2.87. The van der Waals surface area contributed by atoms with E-state index in [1.165, 1.54) is 27.4 Å². The maximum absolute atomic E-state index is 12.7. The second-order valence-electron chi connectivity index (χ2n) is 7.55. The Morgan fingerprint density at radius 3 is 2.40 bits per heavy atom. The van der Waals surface area contributed by atoms with E-state index in [0.29, 0.717) is 5.56 Å². The Kier molecular flexibility index (Phi) is 5.27. The van der Waals surface area contributed by atoms with Crippen LogP contribution in [0.1, 0.15) is 18.9 Å². The molecule has 2 aliphatic carbocycles. The Morgan fingerprint density at radius 2 is 1.83 bits per heavy atom. The molecule has 5 unspecified atom stereocenters. The molecular weight excluding hydrogens is 412 g/mol. The molecule has 0 aromatic heterocycles. The molecule has 9 heteroatoms. The van der Waals surface area contributed by atoms with Crippen molar-refractivity contribution in [2.24, 2.45) is 28.8 Å². The first-order chi connectivity index (χ1) is 14.3. The quantitative estimate of drug-likeness (QED) is 0.296. The van der Waals surface area contributed by atoms with Crippen molar-refractivity contribution in [2.45, 2.75) is 19.4 Å². The van der Waals surface area contributed by atoms with Crippen molar-refractivity contribution in [3.63, 3.8) is 0 Å². The number of hydrogen-bond acceptors (Lipinski definition) is 7. The van der Waals surface area contributed by atoms with Gasteiger partial charge in [-0.15, -0.1) is 0 Å². The van der Waals surface area contributed by atoms with Crippen molar-refractivity contribution < 1.29 is 28.6 Å². The molecule has 158 valence electrons. The molecule has 4 rings (SSSR count). The van der Waals surface area contributed by atoms with Gasteiger partial charge in [-0.25, -0.2) is 4.79 Å². The fraction of sp³-hybridized carbons (Fsp3) is 0.429. The molecule has 1 aliphatic heterocycles. The third-order valence-corrected chi connectivity index (χ3v) is 6.13. The van der Waals surface area contributed by atoms with E-state index in [-0.39, 0.29) is 52.0 Å². The van der Waals surface area contributed by atoms with E-state index >= 15 is 0 Å². The number of halogens is 1. The summed E-state index contributed by atoms with van der Waals surface area (Å²) in [7, 11) is 2.69. The zero-order valence-corrected chi connectivity index (χ0v) is 17.5. The third-order valence-electron chi connectivity index (χ3n) is 5.85. The van der Waals surface area contributed by atoms with Crippen LogP contribution in [-0.4, -0.2) is 49.3 Å². The number of hydrogen-bond donors (Lipinski definition) is 0. The van der Waals surface area contributed by atoms with Gasteiger partial charge in [-0.2, -0.15) is 10.1 Å². The van der Waals surface area contributed by atoms with Crippen LogP contribution < -0.4 is 9.47 Å². The molecular formula is C21H21ClN2O6. The second kappa shape index (κ2) is 7.75. The number of benzene rings is 1. The van der Waals surface area contributed by atoms with Crippen LogP contribution in [0.4, 0.5) is 0 Å². The summed E-state index contributed by atoms with van der Waals surface area (Å²) in [6.07, 6.45) is 5.42. The van der Waals surface area contributed by atoms with Crippen molar-refractivity contribution in [2.75, 3.05) is 14.2 Å². The minimum absolute atomic E-state index is 0.124. The molecule has 0 spiro atoms. The van der Waals surface area contributed by atoms with Crippen molar-refractivity contribution in [1.29, 1.82) is 0 Å². The summed E-state index contributed by atoms with van der Waals surface area (Å²) < 4.78 is 15.5. The number of amides is 2. The summed E-state index contributed by atoms with van der Waals surface area (Å²) in [4.78, 5) is 37.0. The lowest BCUT2D eigenvalue weighted by atomic mass is 9.85. The highest BCUT2D eigenvalue weighted by Crippen LogP contribution is 2.52. The van der Waals surface area contributed by atoms with Crippen LogP contribution in [0.3, 0.4) is 0 Å². The number of imide groups is 1. The van der Waals surface area contributed by atoms with Crippen LogP contribution in [0.2, 0.25) is 5.02 Å². The van der Waals surface area contributed by atoms with Gasteiger partial charge in [0.2, 0.25) is 0 Å². The number of methoxy groups -OCH3 is 2. The normalized spacial score (nSPS) is 27.7. The van der Waals surface area contributed by atoms with Gasteiger partial charge >= 0.3 is 5.97 Å². The summed E-state index contributed by atoms with van der Waals surface area (Å²) in [6, 6.07) is 3.13. The van der Waals surface area contributed by atoms with Gasteiger partial charge < -0.3 is 14.2 Å². The maximum atomic E-state index is 12.7. The summed E-state index contributed by atoms with van der Waals surface area (Å²) in [6.45, 7) is 1.53. The molecule has 0 radical (unpaired) electrons. The van der Waals surface area contributed by atoms with Gasteiger partial charge in [0, 0.05) is 0 Å². The van der Waals surface area contributed by atoms with Crippen molar-refractivity contribution >= 4 is 35.6 Å². The van der Waals surface area contributed by atoms with E-state index in [1.807, 2.05) is 12.2 Å². The summed E-state index contributed by atoms with van der Waals surface area (Å²) in [5, 5.41) is 5.28. The Labute approximate surface area is 178 Å². The van der Waals surface area contributed by atoms with Crippen molar-refractivity contribution in [3.05, 3.63) is 34.9 Å². The average Bonchev–Trinajstić information content (AvgIpc) is 3.41. The van der Waals surface area contributed by atoms with Gasteiger partial charge in [0.25, 0.3) is 11.8 Å². The zero-order valence-electron chi connectivity index (χ0n) is 16.7. The lowest BCUT2D eigenvalue weighted by molar-refractivity contribution is -0.148. The molecule has 1 heterocycles. The van der Waals surface area contributed by atoms with Crippen molar-refractivity contribution in [1.82, 2.24) is 5.01 Å². The summed E-state index contributed by atoms with van der Waals surface area (Å²) in [5.41, 5.74) is 0.508. The van der Waals surface area contributed by atoms with Gasteiger partial charge in [-0.3, -0.25) is 9.59 Å². The summed E-state index contributed by atoms with van der Waals surface area (Å²) in [5.74, 6) is -0.988. The number of nitrogens with zero attached hydrogens (tertiary/aromatic N) is 2. The van der Waals surface area contributed by atoms with Crippen LogP contribution in [-0.2, 0) is 19.1 Å².